The molecule has 0 atom stereocenters. The molecule has 0 aliphatic carbocycles. The molecule has 1 saturated heterocycles. The third-order valence-electron chi connectivity index (χ3n) is 3.14. The third-order valence-corrected chi connectivity index (χ3v) is 4.00. The topological polar surface area (TPSA) is 32.5 Å². The van der Waals surface area contributed by atoms with Gasteiger partial charge >= 0.3 is 0 Å². The summed E-state index contributed by atoms with van der Waals surface area (Å²) in [6, 6.07) is 2.22. The van der Waals surface area contributed by atoms with Crippen molar-refractivity contribution < 1.29 is 0 Å². The number of nitrogens with two attached hydrogens (primary N) is 1. The summed E-state index contributed by atoms with van der Waals surface area (Å²) in [5.41, 5.74) is 7.02. The van der Waals surface area contributed by atoms with E-state index in [4.69, 9.17) is 18.0 Å². The van der Waals surface area contributed by atoms with E-state index in [0.29, 0.717) is 4.99 Å². The molecule has 0 radical (unpaired) electrons. The van der Waals surface area contributed by atoms with Crippen molar-refractivity contribution in [2.45, 2.75) is 6.42 Å². The lowest BCUT2D eigenvalue weighted by Gasteiger charge is -2.34. The van der Waals surface area contributed by atoms with E-state index in [-0.39, 0.29) is 0 Å². The summed E-state index contributed by atoms with van der Waals surface area (Å²) in [5.74, 6) is 0. The van der Waals surface area contributed by atoms with E-state index in [1.165, 1.54) is 12.0 Å². The first-order chi connectivity index (χ1) is 8.24. The van der Waals surface area contributed by atoms with Crippen LogP contribution in [0.4, 0.5) is 0 Å². The SMILES string of the molecule is NC(=S)CN1CCN(CCc2ccsc2)CC1. The standard InChI is InChI=1S/C12H19N3S2/c13-12(16)9-15-6-4-14(5-7-15)3-1-11-2-8-17-10-11/h2,8,10H,1,3-7,9H2,(H2,13,16). The highest BCUT2D eigenvalue weighted by Gasteiger charge is 2.16. The Balaban J connectivity index is 1.67. The lowest BCUT2D eigenvalue weighted by Crippen LogP contribution is -2.48. The Morgan fingerprint density at radius 3 is 2.59 bits per heavy atom. The molecular formula is C12H19N3S2. The van der Waals surface area contributed by atoms with E-state index in [2.05, 4.69) is 26.6 Å². The lowest BCUT2D eigenvalue weighted by atomic mass is 10.2. The quantitative estimate of drug-likeness (QED) is 0.814. The van der Waals surface area contributed by atoms with E-state index in [9.17, 15) is 0 Å². The minimum Gasteiger partial charge on any atom is -0.392 e. The zero-order chi connectivity index (χ0) is 12.1. The molecule has 0 spiro atoms. The van der Waals surface area contributed by atoms with Crippen LogP contribution in [-0.2, 0) is 6.42 Å². The second-order valence-electron chi connectivity index (χ2n) is 4.47. The Morgan fingerprint density at radius 2 is 2.00 bits per heavy atom. The molecule has 0 saturated carbocycles. The average molecular weight is 269 g/mol. The molecule has 94 valence electrons. The monoisotopic (exact) mass is 269 g/mol. The first-order valence-electron chi connectivity index (χ1n) is 5.98. The number of hydrogen-bond donors (Lipinski definition) is 1. The summed E-state index contributed by atoms with van der Waals surface area (Å²) in [6.45, 7) is 6.37. The molecule has 5 heteroatoms. The van der Waals surface area contributed by atoms with Crippen molar-refractivity contribution >= 4 is 28.5 Å². The predicted molar refractivity (Wildman–Crippen MR) is 77.7 cm³/mol. The Labute approximate surface area is 112 Å². The number of thiocarbonyl (C=S) groups is 1. The van der Waals surface area contributed by atoms with Crippen molar-refractivity contribution in [1.29, 1.82) is 0 Å². The van der Waals surface area contributed by atoms with Crippen LogP contribution in [0, 0.1) is 0 Å². The molecule has 0 unspecified atom stereocenters. The Bertz CT molecular complexity index is 343. The largest absolute Gasteiger partial charge is 0.392 e. The summed E-state index contributed by atoms with van der Waals surface area (Å²) < 4.78 is 0. The van der Waals surface area contributed by atoms with Crippen molar-refractivity contribution in [3.05, 3.63) is 22.4 Å². The second-order valence-corrected chi connectivity index (χ2v) is 5.77. The summed E-state index contributed by atoms with van der Waals surface area (Å²) in [5, 5.41) is 4.39. The van der Waals surface area contributed by atoms with Gasteiger partial charge in [0.05, 0.1) is 4.99 Å². The maximum absolute atomic E-state index is 5.56. The highest BCUT2D eigenvalue weighted by molar-refractivity contribution is 7.80. The van der Waals surface area contributed by atoms with Crippen LogP contribution in [0.25, 0.3) is 0 Å². The number of piperazine rings is 1. The molecule has 2 rings (SSSR count). The van der Waals surface area contributed by atoms with Gasteiger partial charge < -0.3 is 10.6 Å². The number of hydrogen-bond acceptors (Lipinski definition) is 4. The van der Waals surface area contributed by atoms with Crippen LogP contribution in [0.15, 0.2) is 16.8 Å². The van der Waals surface area contributed by atoms with Gasteiger partial charge in [-0.3, -0.25) is 4.90 Å². The van der Waals surface area contributed by atoms with E-state index in [0.717, 1.165) is 39.3 Å². The van der Waals surface area contributed by atoms with Gasteiger partial charge in [-0.25, -0.2) is 0 Å². The molecule has 17 heavy (non-hydrogen) atoms. The molecule has 1 fully saturated rings. The van der Waals surface area contributed by atoms with Crippen molar-refractivity contribution in [1.82, 2.24) is 9.80 Å². The zero-order valence-electron chi connectivity index (χ0n) is 9.97. The molecule has 0 aromatic carbocycles. The number of thiophene rings is 1. The van der Waals surface area contributed by atoms with Crippen molar-refractivity contribution in [3.63, 3.8) is 0 Å². The smallest absolute Gasteiger partial charge is 0.0870 e. The van der Waals surface area contributed by atoms with E-state index in [1.54, 1.807) is 11.3 Å². The first kappa shape index (κ1) is 13.0. The van der Waals surface area contributed by atoms with E-state index < -0.39 is 0 Å². The zero-order valence-corrected chi connectivity index (χ0v) is 11.6. The minimum atomic E-state index is 0.608. The number of nitrogens with zero attached hydrogens (tertiary/aromatic N) is 2. The summed E-state index contributed by atoms with van der Waals surface area (Å²) in [4.78, 5) is 5.47. The van der Waals surface area contributed by atoms with Crippen LogP contribution < -0.4 is 5.73 Å². The van der Waals surface area contributed by atoms with E-state index in [1.807, 2.05) is 0 Å². The fourth-order valence-electron chi connectivity index (χ4n) is 2.11. The van der Waals surface area contributed by atoms with Gasteiger partial charge in [0.15, 0.2) is 0 Å². The first-order valence-corrected chi connectivity index (χ1v) is 7.33. The Morgan fingerprint density at radius 1 is 1.29 bits per heavy atom. The minimum absolute atomic E-state index is 0.608. The van der Waals surface area contributed by atoms with Crippen LogP contribution in [0.2, 0.25) is 0 Å². The summed E-state index contributed by atoms with van der Waals surface area (Å²) >= 11 is 6.71. The van der Waals surface area contributed by atoms with Gasteiger partial charge in [0, 0.05) is 39.3 Å². The fourth-order valence-corrected chi connectivity index (χ4v) is 3.00. The van der Waals surface area contributed by atoms with Gasteiger partial charge in [0.25, 0.3) is 0 Å². The van der Waals surface area contributed by atoms with Crippen LogP contribution in [0.5, 0.6) is 0 Å². The molecule has 0 amide bonds. The van der Waals surface area contributed by atoms with Gasteiger partial charge in [-0.05, 0) is 28.8 Å². The normalized spacial score (nSPS) is 18.4. The van der Waals surface area contributed by atoms with Gasteiger partial charge in [-0.1, -0.05) is 12.2 Å². The molecule has 1 aliphatic rings. The molecule has 1 aromatic heterocycles. The second kappa shape index (κ2) is 6.44. The van der Waals surface area contributed by atoms with Crippen molar-refractivity contribution in [2.24, 2.45) is 5.73 Å². The molecule has 2 heterocycles. The fraction of sp³-hybridized carbons (Fsp3) is 0.583. The van der Waals surface area contributed by atoms with Gasteiger partial charge in [0.1, 0.15) is 0 Å². The molecule has 0 bridgehead atoms. The highest BCUT2D eigenvalue weighted by Crippen LogP contribution is 2.08. The number of rotatable bonds is 5. The summed E-state index contributed by atoms with van der Waals surface area (Å²) in [7, 11) is 0. The molecule has 3 nitrogen and oxygen atoms in total. The Hall–Kier alpha value is -0.490. The third kappa shape index (κ3) is 4.35. The van der Waals surface area contributed by atoms with Crippen LogP contribution in [0.3, 0.4) is 0 Å². The van der Waals surface area contributed by atoms with Crippen molar-refractivity contribution in [3.8, 4) is 0 Å². The molecule has 2 N–H and O–H groups in total. The summed E-state index contributed by atoms with van der Waals surface area (Å²) in [6.07, 6.45) is 1.17. The highest BCUT2D eigenvalue weighted by atomic mass is 32.1. The van der Waals surface area contributed by atoms with Crippen LogP contribution in [0.1, 0.15) is 5.56 Å². The van der Waals surface area contributed by atoms with Crippen LogP contribution >= 0.6 is 23.6 Å². The maximum Gasteiger partial charge on any atom is 0.0870 e. The van der Waals surface area contributed by atoms with E-state index >= 15 is 0 Å². The van der Waals surface area contributed by atoms with Crippen LogP contribution in [-0.4, -0.2) is 54.1 Å². The molecule has 1 aromatic rings. The molecular weight excluding hydrogens is 250 g/mol. The van der Waals surface area contributed by atoms with Gasteiger partial charge in [-0.2, -0.15) is 11.3 Å². The van der Waals surface area contributed by atoms with Gasteiger partial charge in [0.2, 0.25) is 0 Å². The van der Waals surface area contributed by atoms with Gasteiger partial charge in [-0.15, -0.1) is 0 Å². The molecule has 1 aliphatic heterocycles. The van der Waals surface area contributed by atoms with Crippen molar-refractivity contribution in [2.75, 3.05) is 39.3 Å². The maximum atomic E-state index is 5.56. The lowest BCUT2D eigenvalue weighted by molar-refractivity contribution is 0.147. The Kier molecular flexibility index (Phi) is 4.91. The average Bonchev–Trinajstić information content (AvgIpc) is 2.80. The predicted octanol–water partition coefficient (Wildman–Crippen LogP) is 1.19.